The van der Waals surface area contributed by atoms with Crippen LogP contribution in [0.3, 0.4) is 0 Å². The molecule has 2 aromatic rings. The van der Waals surface area contributed by atoms with Gasteiger partial charge in [-0.2, -0.15) is 0 Å². The number of nitrogens with two attached hydrogens (primary N) is 1. The molecule has 29 heavy (non-hydrogen) atoms. The highest BCUT2D eigenvalue weighted by atomic mass is 16.2. The number of imidazole rings is 1. The van der Waals surface area contributed by atoms with E-state index in [1.54, 1.807) is 6.20 Å². The van der Waals surface area contributed by atoms with Crippen LogP contribution < -0.4 is 11.1 Å². The first-order chi connectivity index (χ1) is 14.0. The molecule has 2 aromatic heterocycles. The van der Waals surface area contributed by atoms with Gasteiger partial charge in [0.15, 0.2) is 0 Å². The summed E-state index contributed by atoms with van der Waals surface area (Å²) in [7, 11) is 4.17. The number of hydrogen-bond acceptors (Lipinski definition) is 6. The molecular formula is C21H31N7O. The fourth-order valence-corrected chi connectivity index (χ4v) is 4.88. The van der Waals surface area contributed by atoms with E-state index in [0.717, 1.165) is 56.8 Å². The van der Waals surface area contributed by atoms with E-state index in [0.29, 0.717) is 12.4 Å². The molecule has 3 N–H and O–H groups in total. The van der Waals surface area contributed by atoms with Gasteiger partial charge in [-0.1, -0.05) is 6.07 Å². The van der Waals surface area contributed by atoms with Crippen LogP contribution in [-0.4, -0.2) is 63.0 Å². The highest BCUT2D eigenvalue weighted by Gasteiger charge is 2.52. The highest BCUT2D eigenvalue weighted by Crippen LogP contribution is 2.43. The number of aromatic nitrogens is 3. The van der Waals surface area contributed by atoms with E-state index in [2.05, 4.69) is 36.7 Å². The van der Waals surface area contributed by atoms with E-state index < -0.39 is 0 Å². The number of carbonyl (C=O) groups excluding carboxylic acids is 1. The third-order valence-electron chi connectivity index (χ3n) is 6.65. The van der Waals surface area contributed by atoms with Crippen molar-refractivity contribution < 1.29 is 4.79 Å². The lowest BCUT2D eigenvalue weighted by atomic mass is 9.67. The highest BCUT2D eigenvalue weighted by molar-refractivity contribution is 5.84. The van der Waals surface area contributed by atoms with E-state index in [9.17, 15) is 4.79 Å². The minimum absolute atomic E-state index is 0.142. The molecule has 0 unspecified atom stereocenters. The maximum atomic E-state index is 13.5. The summed E-state index contributed by atoms with van der Waals surface area (Å²) in [5, 5.41) is 3.18. The predicted molar refractivity (Wildman–Crippen MR) is 112 cm³/mol. The van der Waals surface area contributed by atoms with Gasteiger partial charge < -0.3 is 20.5 Å². The van der Waals surface area contributed by atoms with E-state index in [1.807, 2.05) is 31.6 Å². The lowest BCUT2D eigenvalue weighted by molar-refractivity contribution is -0.145. The first-order valence-electron chi connectivity index (χ1n) is 10.4. The van der Waals surface area contributed by atoms with Crippen LogP contribution in [0.2, 0.25) is 0 Å². The minimum Gasteiger partial charge on any atom is -0.383 e. The molecule has 0 spiro atoms. The number of aryl methyl sites for hydroxylation is 1. The van der Waals surface area contributed by atoms with Crippen molar-refractivity contribution in [2.24, 2.45) is 12.5 Å². The molecule has 2 aliphatic heterocycles. The van der Waals surface area contributed by atoms with Gasteiger partial charge in [-0.25, -0.2) is 9.97 Å². The second-order valence-corrected chi connectivity index (χ2v) is 8.44. The molecule has 8 heteroatoms. The Balaban J connectivity index is 1.54. The zero-order valence-corrected chi connectivity index (χ0v) is 17.3. The summed E-state index contributed by atoms with van der Waals surface area (Å²) in [5.41, 5.74) is 6.45. The lowest BCUT2D eigenvalue weighted by Crippen LogP contribution is -2.65. The average Bonchev–Trinajstić information content (AvgIpc) is 3.12. The van der Waals surface area contributed by atoms with Crippen LogP contribution in [0.4, 0.5) is 5.82 Å². The Morgan fingerprint density at radius 1 is 1.28 bits per heavy atom. The number of piperidine rings is 2. The van der Waals surface area contributed by atoms with E-state index in [4.69, 9.17) is 5.73 Å². The van der Waals surface area contributed by atoms with Crippen LogP contribution in [0, 0.1) is 5.41 Å². The SMILES string of the molecule is CN1CC[C@]2(C(=O)NCc3cccnc3N)CCCN(Cc3nccn3C)[C@H]2C1. The number of anilines is 1. The first kappa shape index (κ1) is 19.8. The number of rotatable bonds is 5. The number of pyridine rings is 1. The number of likely N-dealkylation sites (N-methyl/N-ethyl adjacent to an activating group) is 1. The van der Waals surface area contributed by atoms with Crippen LogP contribution in [0.25, 0.3) is 0 Å². The molecule has 2 aliphatic rings. The summed E-state index contributed by atoms with van der Waals surface area (Å²) in [5.74, 6) is 1.66. The summed E-state index contributed by atoms with van der Waals surface area (Å²) in [6, 6.07) is 3.95. The van der Waals surface area contributed by atoms with Crippen LogP contribution in [0.5, 0.6) is 0 Å². The topological polar surface area (TPSA) is 92.3 Å². The zero-order valence-electron chi connectivity index (χ0n) is 17.3. The summed E-state index contributed by atoms with van der Waals surface area (Å²) in [6.07, 6.45) is 8.31. The number of carbonyl (C=O) groups is 1. The smallest absolute Gasteiger partial charge is 0.228 e. The Bertz CT molecular complexity index is 866. The van der Waals surface area contributed by atoms with Gasteiger partial charge in [0, 0.05) is 50.3 Å². The zero-order chi connectivity index (χ0) is 20.4. The van der Waals surface area contributed by atoms with Crippen molar-refractivity contribution in [3.63, 3.8) is 0 Å². The molecule has 156 valence electrons. The maximum absolute atomic E-state index is 13.5. The van der Waals surface area contributed by atoms with E-state index in [-0.39, 0.29) is 17.4 Å². The Morgan fingerprint density at radius 2 is 2.14 bits per heavy atom. The molecule has 0 radical (unpaired) electrons. The van der Waals surface area contributed by atoms with Gasteiger partial charge in [-0.15, -0.1) is 0 Å². The number of nitrogens with zero attached hydrogens (tertiary/aromatic N) is 5. The van der Waals surface area contributed by atoms with Crippen LogP contribution in [0.15, 0.2) is 30.7 Å². The van der Waals surface area contributed by atoms with Gasteiger partial charge in [0.25, 0.3) is 0 Å². The number of nitrogens with one attached hydrogen (secondary N) is 1. The van der Waals surface area contributed by atoms with Crippen molar-refractivity contribution in [3.8, 4) is 0 Å². The fourth-order valence-electron chi connectivity index (χ4n) is 4.88. The molecule has 2 fully saturated rings. The maximum Gasteiger partial charge on any atom is 0.228 e. The van der Waals surface area contributed by atoms with Crippen molar-refractivity contribution in [1.82, 2.24) is 29.7 Å². The Morgan fingerprint density at radius 3 is 2.90 bits per heavy atom. The second-order valence-electron chi connectivity index (χ2n) is 8.44. The van der Waals surface area contributed by atoms with Gasteiger partial charge in [-0.3, -0.25) is 9.69 Å². The normalized spacial score (nSPS) is 25.5. The summed E-state index contributed by atoms with van der Waals surface area (Å²) in [4.78, 5) is 26.9. The second kappa shape index (κ2) is 8.12. The number of amides is 1. The fraction of sp³-hybridized carbons (Fsp3) is 0.571. The molecule has 2 atom stereocenters. The van der Waals surface area contributed by atoms with Crippen LogP contribution >= 0.6 is 0 Å². The van der Waals surface area contributed by atoms with Gasteiger partial charge in [0.05, 0.1) is 12.0 Å². The predicted octanol–water partition coefficient (Wildman–Crippen LogP) is 1.00. The number of likely N-dealkylation sites (tertiary alicyclic amines) is 2. The standard InChI is InChI=1S/C21H31N7O/c1-26-11-7-21(20(29)25-13-16-5-3-8-24-19(16)22)6-4-10-28(17(21)14-26)15-18-23-9-12-27(18)2/h3,5,8-9,12,17H,4,6-7,10-11,13-15H2,1-2H3,(H2,22,24)(H,25,29)/t17-,21+/m0/s1. The summed E-state index contributed by atoms with van der Waals surface area (Å²) in [6.45, 7) is 4.02. The molecule has 4 rings (SSSR count). The van der Waals surface area contributed by atoms with Crippen molar-refractivity contribution in [2.45, 2.75) is 38.4 Å². The van der Waals surface area contributed by atoms with Crippen molar-refractivity contribution in [2.75, 3.05) is 32.4 Å². The molecule has 1 amide bonds. The third kappa shape index (κ3) is 3.86. The molecule has 0 bridgehead atoms. The van der Waals surface area contributed by atoms with E-state index in [1.165, 1.54) is 0 Å². The molecule has 2 saturated heterocycles. The number of fused-ring (bicyclic) bond motifs is 1. The summed E-state index contributed by atoms with van der Waals surface area (Å²) < 4.78 is 2.06. The molecule has 0 saturated carbocycles. The Labute approximate surface area is 172 Å². The first-order valence-corrected chi connectivity index (χ1v) is 10.4. The quantitative estimate of drug-likeness (QED) is 0.782. The number of hydrogen-bond donors (Lipinski definition) is 2. The molecule has 4 heterocycles. The Hall–Kier alpha value is -2.45. The third-order valence-corrected chi connectivity index (χ3v) is 6.65. The van der Waals surface area contributed by atoms with Crippen LogP contribution in [0.1, 0.15) is 30.7 Å². The average molecular weight is 398 g/mol. The van der Waals surface area contributed by atoms with Crippen molar-refractivity contribution in [1.29, 1.82) is 0 Å². The van der Waals surface area contributed by atoms with Gasteiger partial charge >= 0.3 is 0 Å². The molecular weight excluding hydrogens is 366 g/mol. The molecule has 0 aliphatic carbocycles. The molecule has 8 nitrogen and oxygen atoms in total. The van der Waals surface area contributed by atoms with Gasteiger partial charge in [0.2, 0.25) is 5.91 Å². The van der Waals surface area contributed by atoms with Gasteiger partial charge in [-0.05, 0) is 45.5 Å². The monoisotopic (exact) mass is 397 g/mol. The summed E-state index contributed by atoms with van der Waals surface area (Å²) >= 11 is 0. The Kier molecular flexibility index (Phi) is 5.56. The van der Waals surface area contributed by atoms with Crippen molar-refractivity contribution in [3.05, 3.63) is 42.1 Å². The number of nitrogen functional groups attached to an aromatic ring is 1. The molecule has 0 aromatic carbocycles. The minimum atomic E-state index is -0.368. The largest absolute Gasteiger partial charge is 0.383 e. The van der Waals surface area contributed by atoms with Gasteiger partial charge in [0.1, 0.15) is 11.6 Å². The lowest BCUT2D eigenvalue weighted by Gasteiger charge is -2.53. The van der Waals surface area contributed by atoms with E-state index >= 15 is 0 Å². The van der Waals surface area contributed by atoms with Crippen molar-refractivity contribution >= 4 is 11.7 Å². The van der Waals surface area contributed by atoms with Crippen LogP contribution in [-0.2, 0) is 24.9 Å².